The van der Waals surface area contributed by atoms with E-state index in [0.717, 1.165) is 31.1 Å². The number of halogens is 1. The van der Waals surface area contributed by atoms with Gasteiger partial charge in [0.05, 0.1) is 6.54 Å². The second kappa shape index (κ2) is 6.36. The minimum absolute atomic E-state index is 0.0951. The second-order valence-corrected chi connectivity index (χ2v) is 5.82. The van der Waals surface area contributed by atoms with Gasteiger partial charge in [-0.2, -0.15) is 0 Å². The summed E-state index contributed by atoms with van der Waals surface area (Å²) < 4.78 is 5.97. The van der Waals surface area contributed by atoms with Gasteiger partial charge in [0, 0.05) is 51.6 Å². The van der Waals surface area contributed by atoms with Gasteiger partial charge in [0.25, 0.3) is 0 Å². The van der Waals surface area contributed by atoms with Crippen molar-refractivity contribution in [1.82, 2.24) is 15.0 Å². The number of rotatable bonds is 4. The highest BCUT2D eigenvalue weighted by atomic mass is 35.5. The van der Waals surface area contributed by atoms with E-state index in [1.54, 1.807) is 24.8 Å². The lowest BCUT2D eigenvalue weighted by Crippen LogP contribution is -2.25. The highest BCUT2D eigenvalue weighted by Gasteiger charge is 2.26. The van der Waals surface area contributed by atoms with E-state index in [0.29, 0.717) is 10.8 Å². The first-order valence-corrected chi connectivity index (χ1v) is 7.52. The van der Waals surface area contributed by atoms with Gasteiger partial charge in [-0.25, -0.2) is 9.97 Å². The zero-order valence-corrected chi connectivity index (χ0v) is 13.4. The van der Waals surface area contributed by atoms with Gasteiger partial charge in [-0.1, -0.05) is 11.6 Å². The van der Waals surface area contributed by atoms with Gasteiger partial charge in [0.15, 0.2) is 0 Å². The van der Waals surface area contributed by atoms with Crippen molar-refractivity contribution in [3.8, 4) is 5.75 Å². The molecule has 116 valence electrons. The minimum Gasteiger partial charge on any atom is -0.487 e. The van der Waals surface area contributed by atoms with Gasteiger partial charge in [-0.05, 0) is 0 Å². The molecule has 0 amide bonds. The summed E-state index contributed by atoms with van der Waals surface area (Å²) in [6.45, 7) is 1.68. The average molecular weight is 320 g/mol. The molecule has 1 fully saturated rings. The summed E-state index contributed by atoms with van der Waals surface area (Å²) in [4.78, 5) is 16.7. The lowest BCUT2D eigenvalue weighted by atomic mass is 10.3. The summed E-state index contributed by atoms with van der Waals surface area (Å²) in [5, 5.41) is 0.540. The normalized spacial score (nSPS) is 17.6. The van der Waals surface area contributed by atoms with Gasteiger partial charge in [-0.15, -0.1) is 0 Å². The molecule has 2 aromatic rings. The van der Waals surface area contributed by atoms with Gasteiger partial charge >= 0.3 is 0 Å². The topological polar surface area (TPSA) is 54.4 Å². The van der Waals surface area contributed by atoms with Gasteiger partial charge in [0.2, 0.25) is 0 Å². The molecule has 0 saturated carbocycles. The molecule has 1 saturated heterocycles. The van der Waals surface area contributed by atoms with Crippen molar-refractivity contribution in [1.29, 1.82) is 0 Å². The standard InChI is InChI=1S/C15H18ClN5O/c1-20(2)14-7-15(19-10-18-14)21-6-4-11(9-21)22-13-3-5-17-8-12(13)16/h3,5,7-8,10-11H,4,6,9H2,1-2H3. The van der Waals surface area contributed by atoms with E-state index in [2.05, 4.69) is 19.9 Å². The zero-order valence-electron chi connectivity index (χ0n) is 12.6. The maximum atomic E-state index is 6.08. The molecular weight excluding hydrogens is 302 g/mol. The molecule has 22 heavy (non-hydrogen) atoms. The first-order chi connectivity index (χ1) is 10.6. The SMILES string of the molecule is CN(C)c1cc(N2CCC(Oc3ccncc3Cl)C2)ncn1. The van der Waals surface area contributed by atoms with Crippen LogP contribution in [0.4, 0.5) is 11.6 Å². The number of ether oxygens (including phenoxy) is 1. The number of hydrogen-bond acceptors (Lipinski definition) is 6. The summed E-state index contributed by atoms with van der Waals surface area (Å²) in [5.74, 6) is 2.50. The van der Waals surface area contributed by atoms with Crippen LogP contribution in [0, 0.1) is 0 Å². The molecule has 0 aliphatic carbocycles. The Kier molecular flexibility index (Phi) is 4.29. The Hall–Kier alpha value is -2.08. The Balaban J connectivity index is 1.67. The van der Waals surface area contributed by atoms with Crippen LogP contribution in [0.3, 0.4) is 0 Å². The predicted molar refractivity (Wildman–Crippen MR) is 86.9 cm³/mol. The van der Waals surface area contributed by atoms with E-state index in [1.807, 2.05) is 25.1 Å². The Bertz CT molecular complexity index is 651. The molecule has 0 bridgehead atoms. The smallest absolute Gasteiger partial charge is 0.141 e. The minimum atomic E-state index is 0.0951. The van der Waals surface area contributed by atoms with Gasteiger partial charge in [0.1, 0.15) is 34.8 Å². The van der Waals surface area contributed by atoms with Crippen molar-refractivity contribution >= 4 is 23.2 Å². The number of nitrogens with zero attached hydrogens (tertiary/aromatic N) is 5. The highest BCUT2D eigenvalue weighted by molar-refractivity contribution is 6.31. The van der Waals surface area contributed by atoms with E-state index in [-0.39, 0.29) is 6.10 Å². The van der Waals surface area contributed by atoms with Crippen molar-refractivity contribution in [2.45, 2.75) is 12.5 Å². The molecule has 0 aromatic carbocycles. The van der Waals surface area contributed by atoms with Crippen molar-refractivity contribution in [2.24, 2.45) is 0 Å². The largest absolute Gasteiger partial charge is 0.487 e. The molecule has 0 N–H and O–H groups in total. The van der Waals surface area contributed by atoms with Crippen LogP contribution in [0.15, 0.2) is 30.9 Å². The Labute approximate surface area is 134 Å². The van der Waals surface area contributed by atoms with Crippen LogP contribution < -0.4 is 14.5 Å². The van der Waals surface area contributed by atoms with E-state index < -0.39 is 0 Å². The van der Waals surface area contributed by atoms with Crippen LogP contribution in [-0.2, 0) is 0 Å². The number of aromatic nitrogens is 3. The first kappa shape index (κ1) is 14.8. The molecule has 0 radical (unpaired) electrons. The first-order valence-electron chi connectivity index (χ1n) is 7.14. The fourth-order valence-corrected chi connectivity index (χ4v) is 2.59. The summed E-state index contributed by atoms with van der Waals surface area (Å²) in [5.41, 5.74) is 0. The molecule has 1 aliphatic rings. The summed E-state index contributed by atoms with van der Waals surface area (Å²) in [7, 11) is 3.93. The van der Waals surface area contributed by atoms with E-state index in [9.17, 15) is 0 Å². The summed E-state index contributed by atoms with van der Waals surface area (Å²) in [6, 6.07) is 3.78. The van der Waals surface area contributed by atoms with Crippen LogP contribution in [-0.4, -0.2) is 48.2 Å². The molecule has 3 rings (SSSR count). The third-order valence-electron chi connectivity index (χ3n) is 3.59. The molecule has 1 aliphatic heterocycles. The maximum Gasteiger partial charge on any atom is 0.141 e. The van der Waals surface area contributed by atoms with E-state index >= 15 is 0 Å². The molecule has 2 aromatic heterocycles. The lowest BCUT2D eigenvalue weighted by molar-refractivity contribution is 0.225. The molecule has 7 heteroatoms. The molecule has 3 heterocycles. The van der Waals surface area contributed by atoms with Crippen LogP contribution in [0.5, 0.6) is 5.75 Å². The fourth-order valence-electron chi connectivity index (χ4n) is 2.42. The Morgan fingerprint density at radius 2 is 2.23 bits per heavy atom. The third kappa shape index (κ3) is 3.22. The quantitative estimate of drug-likeness (QED) is 0.861. The van der Waals surface area contributed by atoms with Crippen LogP contribution in [0.25, 0.3) is 0 Å². The zero-order chi connectivity index (χ0) is 15.5. The van der Waals surface area contributed by atoms with E-state index in [4.69, 9.17) is 16.3 Å². The number of pyridine rings is 1. The number of anilines is 2. The van der Waals surface area contributed by atoms with Crippen LogP contribution in [0.2, 0.25) is 5.02 Å². The summed E-state index contributed by atoms with van der Waals surface area (Å²) >= 11 is 6.08. The number of hydrogen-bond donors (Lipinski definition) is 0. The Morgan fingerprint density at radius 1 is 1.36 bits per heavy atom. The van der Waals surface area contributed by atoms with Crippen molar-refractivity contribution in [2.75, 3.05) is 37.0 Å². The molecular formula is C15H18ClN5O. The predicted octanol–water partition coefficient (Wildman–Crippen LogP) is 2.25. The molecule has 0 spiro atoms. The molecule has 1 unspecified atom stereocenters. The third-order valence-corrected chi connectivity index (χ3v) is 3.88. The average Bonchev–Trinajstić information content (AvgIpc) is 2.98. The fraction of sp³-hybridized carbons (Fsp3) is 0.400. The van der Waals surface area contributed by atoms with Crippen LogP contribution in [0.1, 0.15) is 6.42 Å². The molecule has 6 nitrogen and oxygen atoms in total. The summed E-state index contributed by atoms with van der Waals surface area (Å²) in [6.07, 6.45) is 5.90. The maximum absolute atomic E-state index is 6.08. The van der Waals surface area contributed by atoms with E-state index in [1.165, 1.54) is 0 Å². The van der Waals surface area contributed by atoms with Crippen molar-refractivity contribution in [3.05, 3.63) is 35.9 Å². The van der Waals surface area contributed by atoms with Crippen molar-refractivity contribution < 1.29 is 4.74 Å². The van der Waals surface area contributed by atoms with Crippen molar-refractivity contribution in [3.63, 3.8) is 0 Å². The molecule has 1 atom stereocenters. The second-order valence-electron chi connectivity index (χ2n) is 5.41. The van der Waals surface area contributed by atoms with Crippen LogP contribution >= 0.6 is 11.6 Å². The van der Waals surface area contributed by atoms with Gasteiger partial charge in [-0.3, -0.25) is 4.98 Å². The Morgan fingerprint density at radius 3 is 3.00 bits per heavy atom. The van der Waals surface area contributed by atoms with Gasteiger partial charge < -0.3 is 14.5 Å². The highest BCUT2D eigenvalue weighted by Crippen LogP contribution is 2.27. The monoisotopic (exact) mass is 319 g/mol. The lowest BCUT2D eigenvalue weighted by Gasteiger charge is -2.20.